The van der Waals surface area contributed by atoms with Crippen LogP contribution in [0.15, 0.2) is 41.8 Å². The van der Waals surface area contributed by atoms with Crippen molar-refractivity contribution in [1.82, 2.24) is 4.90 Å². The fraction of sp³-hybridized carbons (Fsp3) is 0.455. The lowest BCUT2D eigenvalue weighted by atomic mass is 9.85. The molecule has 2 fully saturated rings. The number of anilines is 1. The van der Waals surface area contributed by atoms with E-state index in [4.69, 9.17) is 0 Å². The van der Waals surface area contributed by atoms with Crippen LogP contribution in [-0.4, -0.2) is 29.8 Å². The maximum Gasteiger partial charge on any atom is 0.228 e. The van der Waals surface area contributed by atoms with Gasteiger partial charge >= 0.3 is 0 Å². The Bertz CT molecular complexity index is 794. The number of piperidine rings is 2. The van der Waals surface area contributed by atoms with Gasteiger partial charge in [0, 0.05) is 30.1 Å². The summed E-state index contributed by atoms with van der Waals surface area (Å²) in [6.45, 7) is 3.75. The minimum absolute atomic E-state index is 0.111. The van der Waals surface area contributed by atoms with Gasteiger partial charge in [-0.15, -0.1) is 11.3 Å². The molecule has 4 nitrogen and oxygen atoms in total. The SMILES string of the molecule is Cc1ccc(N2C(=O)CCC(C(=O)N3CCCCC3)C2c2cccs2)cc1. The maximum absolute atomic E-state index is 13.4. The minimum Gasteiger partial charge on any atom is -0.342 e. The number of thiophene rings is 1. The number of hydrogen-bond donors (Lipinski definition) is 0. The molecule has 0 N–H and O–H groups in total. The number of hydrogen-bond acceptors (Lipinski definition) is 3. The van der Waals surface area contributed by atoms with Gasteiger partial charge in [0.2, 0.25) is 11.8 Å². The van der Waals surface area contributed by atoms with Gasteiger partial charge in [0.05, 0.1) is 12.0 Å². The van der Waals surface area contributed by atoms with Crippen LogP contribution < -0.4 is 4.90 Å². The minimum atomic E-state index is -0.205. The van der Waals surface area contributed by atoms with Gasteiger partial charge in [0.25, 0.3) is 0 Å². The summed E-state index contributed by atoms with van der Waals surface area (Å²) < 4.78 is 0. The number of carbonyl (C=O) groups is 2. The average molecular weight is 383 g/mol. The van der Waals surface area contributed by atoms with Gasteiger partial charge in [0.1, 0.15) is 0 Å². The average Bonchev–Trinajstić information content (AvgIpc) is 3.23. The summed E-state index contributed by atoms with van der Waals surface area (Å²) in [4.78, 5) is 31.3. The Kier molecular flexibility index (Phi) is 5.30. The molecule has 1 aromatic heterocycles. The zero-order chi connectivity index (χ0) is 18.8. The number of likely N-dealkylation sites (tertiary alicyclic amines) is 1. The van der Waals surface area contributed by atoms with Crippen molar-refractivity contribution in [3.05, 3.63) is 52.2 Å². The third kappa shape index (κ3) is 3.65. The number of carbonyl (C=O) groups excluding carboxylic acids is 2. The molecule has 2 amide bonds. The van der Waals surface area contributed by atoms with Crippen LogP contribution in [0, 0.1) is 12.8 Å². The summed E-state index contributed by atoms with van der Waals surface area (Å²) in [5, 5.41) is 2.03. The molecule has 0 radical (unpaired) electrons. The first-order chi connectivity index (χ1) is 13.1. The third-order valence-corrected chi connectivity index (χ3v) is 6.67. The molecular formula is C22H26N2O2S. The topological polar surface area (TPSA) is 40.6 Å². The molecule has 4 rings (SSSR count). The van der Waals surface area contributed by atoms with Crippen LogP contribution >= 0.6 is 11.3 Å². The van der Waals surface area contributed by atoms with Gasteiger partial charge in [-0.25, -0.2) is 0 Å². The van der Waals surface area contributed by atoms with Crippen molar-refractivity contribution in [1.29, 1.82) is 0 Å². The fourth-order valence-corrected chi connectivity index (χ4v) is 5.18. The van der Waals surface area contributed by atoms with Crippen LogP contribution in [0.25, 0.3) is 0 Å². The van der Waals surface area contributed by atoms with Crippen LogP contribution in [-0.2, 0) is 9.59 Å². The lowest BCUT2D eigenvalue weighted by Crippen LogP contribution is -2.50. The van der Waals surface area contributed by atoms with Gasteiger partial charge in [0.15, 0.2) is 0 Å². The Morgan fingerprint density at radius 1 is 1.07 bits per heavy atom. The molecule has 2 atom stereocenters. The van der Waals surface area contributed by atoms with E-state index in [0.29, 0.717) is 12.8 Å². The molecule has 27 heavy (non-hydrogen) atoms. The summed E-state index contributed by atoms with van der Waals surface area (Å²) in [6, 6.07) is 11.9. The van der Waals surface area contributed by atoms with Crippen molar-refractivity contribution in [3.63, 3.8) is 0 Å². The van der Waals surface area contributed by atoms with Crippen LogP contribution in [0.4, 0.5) is 5.69 Å². The van der Waals surface area contributed by atoms with E-state index in [1.165, 1.54) is 6.42 Å². The van der Waals surface area contributed by atoms with E-state index in [0.717, 1.165) is 42.1 Å². The Morgan fingerprint density at radius 3 is 2.48 bits per heavy atom. The molecule has 142 valence electrons. The van der Waals surface area contributed by atoms with Crippen LogP contribution in [0.5, 0.6) is 0 Å². The smallest absolute Gasteiger partial charge is 0.228 e. The third-order valence-electron chi connectivity index (χ3n) is 5.73. The second-order valence-electron chi connectivity index (χ2n) is 7.59. The maximum atomic E-state index is 13.4. The number of rotatable bonds is 3. The molecule has 0 spiro atoms. The first kappa shape index (κ1) is 18.2. The molecule has 0 bridgehead atoms. The van der Waals surface area contributed by atoms with Crippen LogP contribution in [0.3, 0.4) is 0 Å². The highest BCUT2D eigenvalue weighted by molar-refractivity contribution is 7.10. The van der Waals surface area contributed by atoms with E-state index in [1.54, 1.807) is 11.3 Å². The van der Waals surface area contributed by atoms with E-state index >= 15 is 0 Å². The first-order valence-electron chi connectivity index (χ1n) is 9.86. The summed E-state index contributed by atoms with van der Waals surface area (Å²) in [5.74, 6) is 0.165. The van der Waals surface area contributed by atoms with Crippen molar-refractivity contribution < 1.29 is 9.59 Å². The lowest BCUT2D eigenvalue weighted by Gasteiger charge is -2.42. The molecule has 2 aliphatic heterocycles. The number of aryl methyl sites for hydroxylation is 1. The Labute approximate surface area is 164 Å². The highest BCUT2D eigenvalue weighted by Crippen LogP contribution is 2.42. The standard InChI is InChI=1S/C22H26N2O2S/c1-16-7-9-17(10-8-16)24-20(25)12-11-18(21(24)19-6-5-15-27-19)22(26)23-13-3-2-4-14-23/h5-10,15,18,21H,2-4,11-14H2,1H3. The van der Waals surface area contributed by atoms with Crippen molar-refractivity contribution in [2.24, 2.45) is 5.92 Å². The van der Waals surface area contributed by atoms with Crippen LogP contribution in [0.2, 0.25) is 0 Å². The molecule has 2 aromatic rings. The van der Waals surface area contributed by atoms with E-state index in [1.807, 2.05) is 52.4 Å². The molecule has 3 heterocycles. The fourth-order valence-electron chi connectivity index (χ4n) is 4.29. The van der Waals surface area contributed by atoms with Crippen molar-refractivity contribution in [2.75, 3.05) is 18.0 Å². The zero-order valence-corrected chi connectivity index (χ0v) is 16.6. The molecule has 2 aliphatic rings. The summed E-state index contributed by atoms with van der Waals surface area (Å²) in [5.41, 5.74) is 2.05. The van der Waals surface area contributed by atoms with Crippen LogP contribution in [0.1, 0.15) is 48.6 Å². The highest BCUT2D eigenvalue weighted by Gasteiger charge is 2.43. The number of nitrogens with zero attached hydrogens (tertiary/aromatic N) is 2. The normalized spacial score (nSPS) is 23.5. The van der Waals surface area contributed by atoms with Gasteiger partial charge in [-0.1, -0.05) is 23.8 Å². The van der Waals surface area contributed by atoms with Gasteiger partial charge in [-0.05, 0) is 56.2 Å². The Morgan fingerprint density at radius 2 is 1.81 bits per heavy atom. The molecule has 2 unspecified atom stereocenters. The Hall–Kier alpha value is -2.14. The molecule has 2 saturated heterocycles. The van der Waals surface area contributed by atoms with E-state index in [9.17, 15) is 9.59 Å². The molecule has 1 aromatic carbocycles. The quantitative estimate of drug-likeness (QED) is 0.781. The molecule has 5 heteroatoms. The van der Waals surface area contributed by atoms with Crippen molar-refractivity contribution in [3.8, 4) is 0 Å². The predicted molar refractivity (Wildman–Crippen MR) is 109 cm³/mol. The summed E-state index contributed by atoms with van der Waals surface area (Å²) in [7, 11) is 0. The monoisotopic (exact) mass is 382 g/mol. The van der Waals surface area contributed by atoms with Gasteiger partial charge < -0.3 is 9.80 Å². The number of benzene rings is 1. The second-order valence-corrected chi connectivity index (χ2v) is 8.57. The summed E-state index contributed by atoms with van der Waals surface area (Å²) in [6.07, 6.45) is 4.45. The van der Waals surface area contributed by atoms with E-state index in [2.05, 4.69) is 6.07 Å². The van der Waals surface area contributed by atoms with E-state index in [-0.39, 0.29) is 23.8 Å². The van der Waals surface area contributed by atoms with Gasteiger partial charge in [-0.2, -0.15) is 0 Å². The molecule has 0 aliphatic carbocycles. The number of amides is 2. The molecule has 0 saturated carbocycles. The van der Waals surface area contributed by atoms with Crippen molar-refractivity contribution >= 4 is 28.8 Å². The van der Waals surface area contributed by atoms with E-state index < -0.39 is 0 Å². The largest absolute Gasteiger partial charge is 0.342 e. The van der Waals surface area contributed by atoms with Gasteiger partial charge in [-0.3, -0.25) is 9.59 Å². The summed E-state index contributed by atoms with van der Waals surface area (Å²) >= 11 is 1.64. The highest BCUT2D eigenvalue weighted by atomic mass is 32.1. The zero-order valence-electron chi connectivity index (χ0n) is 15.8. The lowest BCUT2D eigenvalue weighted by molar-refractivity contribution is -0.139. The second kappa shape index (κ2) is 7.85. The Balaban J connectivity index is 1.71. The van der Waals surface area contributed by atoms with Crippen molar-refractivity contribution in [2.45, 2.75) is 45.1 Å². The molecular weight excluding hydrogens is 356 g/mol. The predicted octanol–water partition coefficient (Wildman–Crippen LogP) is 4.55. The first-order valence-corrected chi connectivity index (χ1v) is 10.7.